The smallest absolute Gasteiger partial charge is 0.230 e. The summed E-state index contributed by atoms with van der Waals surface area (Å²) in [7, 11) is 0. The molecule has 0 saturated carbocycles. The Morgan fingerprint density at radius 3 is 2.73 bits per heavy atom. The van der Waals surface area contributed by atoms with E-state index in [4.69, 9.17) is 5.73 Å². The highest BCUT2D eigenvalue weighted by molar-refractivity contribution is 7.10. The summed E-state index contributed by atoms with van der Waals surface area (Å²) in [6.07, 6.45) is 0. The van der Waals surface area contributed by atoms with Crippen molar-refractivity contribution in [2.75, 3.05) is 13.1 Å². The van der Waals surface area contributed by atoms with Crippen molar-refractivity contribution in [3.05, 3.63) is 22.4 Å². The lowest BCUT2D eigenvalue weighted by Crippen LogP contribution is -2.41. The Morgan fingerprint density at radius 2 is 2.27 bits per heavy atom. The first-order chi connectivity index (χ1) is 6.59. The van der Waals surface area contributed by atoms with Crippen LogP contribution in [-0.2, 0) is 10.2 Å². The first-order valence-electron chi connectivity index (χ1n) is 4.61. The molecule has 0 spiro atoms. The summed E-state index contributed by atoms with van der Waals surface area (Å²) in [5, 5.41) is 4.78. The molecule has 0 bridgehead atoms. The van der Waals surface area contributed by atoms with E-state index < -0.39 is 5.41 Å². The first-order valence-corrected chi connectivity index (χ1v) is 5.49. The molecule has 1 aromatic rings. The minimum atomic E-state index is -0.455. The largest absolute Gasteiger partial charge is 0.354 e. The molecule has 0 fully saturated rings. The number of nitrogens with two attached hydrogens (primary N) is 1. The predicted octanol–water partition coefficient (Wildman–Crippen LogP) is 1.52. The van der Waals surface area contributed by atoms with Gasteiger partial charge >= 0.3 is 0 Å². The molecule has 0 saturated heterocycles. The minimum Gasteiger partial charge on any atom is -0.354 e. The van der Waals surface area contributed by atoms with Gasteiger partial charge in [-0.05, 0) is 25.3 Å². The van der Waals surface area contributed by atoms with Gasteiger partial charge in [-0.1, -0.05) is 6.07 Å². The van der Waals surface area contributed by atoms with E-state index in [1.54, 1.807) is 11.3 Å². The highest BCUT2D eigenvalue weighted by atomic mass is 35.5. The van der Waals surface area contributed by atoms with Gasteiger partial charge in [-0.25, -0.2) is 0 Å². The van der Waals surface area contributed by atoms with Gasteiger partial charge < -0.3 is 11.1 Å². The van der Waals surface area contributed by atoms with E-state index >= 15 is 0 Å². The van der Waals surface area contributed by atoms with Crippen LogP contribution >= 0.6 is 23.7 Å². The second kappa shape index (κ2) is 6.10. The fourth-order valence-electron chi connectivity index (χ4n) is 1.15. The van der Waals surface area contributed by atoms with Crippen molar-refractivity contribution >= 4 is 29.7 Å². The van der Waals surface area contributed by atoms with Crippen LogP contribution in [0.25, 0.3) is 0 Å². The number of hydrogen-bond donors (Lipinski definition) is 2. The molecule has 1 rings (SSSR count). The molecule has 0 aromatic carbocycles. The Bertz CT molecular complexity index is 298. The second-order valence-electron chi connectivity index (χ2n) is 3.65. The third-order valence-corrected chi connectivity index (χ3v) is 3.33. The normalized spacial score (nSPS) is 10.6. The summed E-state index contributed by atoms with van der Waals surface area (Å²) in [4.78, 5) is 12.8. The van der Waals surface area contributed by atoms with Crippen LogP contribution in [0.15, 0.2) is 17.5 Å². The van der Waals surface area contributed by atoms with Crippen molar-refractivity contribution in [2.45, 2.75) is 19.3 Å². The highest BCUT2D eigenvalue weighted by Crippen LogP contribution is 2.27. The number of carbonyl (C=O) groups is 1. The van der Waals surface area contributed by atoms with Crippen LogP contribution < -0.4 is 11.1 Å². The third kappa shape index (κ3) is 3.48. The Kier molecular flexibility index (Phi) is 5.87. The van der Waals surface area contributed by atoms with E-state index in [0.717, 1.165) is 4.88 Å². The number of rotatable bonds is 4. The van der Waals surface area contributed by atoms with E-state index in [9.17, 15) is 4.79 Å². The Morgan fingerprint density at radius 1 is 1.60 bits per heavy atom. The topological polar surface area (TPSA) is 55.1 Å². The molecular weight excluding hydrogens is 232 g/mol. The van der Waals surface area contributed by atoms with Gasteiger partial charge in [0, 0.05) is 18.0 Å². The van der Waals surface area contributed by atoms with E-state index in [1.807, 2.05) is 31.4 Å². The summed E-state index contributed by atoms with van der Waals surface area (Å²) in [6, 6.07) is 3.94. The molecule has 0 aliphatic heterocycles. The monoisotopic (exact) mass is 248 g/mol. The number of nitrogens with one attached hydrogen (secondary N) is 1. The Labute approximate surface area is 100 Å². The van der Waals surface area contributed by atoms with Gasteiger partial charge in [0.15, 0.2) is 0 Å². The van der Waals surface area contributed by atoms with Gasteiger partial charge in [0.2, 0.25) is 5.91 Å². The molecule has 1 heterocycles. The van der Waals surface area contributed by atoms with E-state index in [0.29, 0.717) is 13.1 Å². The SMILES string of the molecule is CC(C)(C(=O)NCCN)c1cccs1.Cl. The van der Waals surface area contributed by atoms with Crippen LogP contribution in [0, 0.1) is 0 Å². The third-order valence-electron chi connectivity index (χ3n) is 2.13. The van der Waals surface area contributed by atoms with E-state index in [2.05, 4.69) is 5.32 Å². The van der Waals surface area contributed by atoms with Gasteiger partial charge in [0.1, 0.15) is 0 Å². The molecule has 3 nitrogen and oxygen atoms in total. The average molecular weight is 249 g/mol. The lowest BCUT2D eigenvalue weighted by atomic mass is 9.90. The molecule has 15 heavy (non-hydrogen) atoms. The maximum absolute atomic E-state index is 11.8. The van der Waals surface area contributed by atoms with Crippen LogP contribution in [-0.4, -0.2) is 19.0 Å². The van der Waals surface area contributed by atoms with E-state index in [1.165, 1.54) is 0 Å². The number of amides is 1. The van der Waals surface area contributed by atoms with Gasteiger partial charge in [-0.3, -0.25) is 4.79 Å². The lowest BCUT2D eigenvalue weighted by Gasteiger charge is -2.21. The van der Waals surface area contributed by atoms with Crippen molar-refractivity contribution < 1.29 is 4.79 Å². The highest BCUT2D eigenvalue weighted by Gasteiger charge is 2.30. The second-order valence-corrected chi connectivity index (χ2v) is 4.59. The summed E-state index contributed by atoms with van der Waals surface area (Å²) < 4.78 is 0. The van der Waals surface area contributed by atoms with E-state index in [-0.39, 0.29) is 18.3 Å². The fraction of sp³-hybridized carbons (Fsp3) is 0.500. The summed E-state index contributed by atoms with van der Waals surface area (Å²) in [5.74, 6) is 0.0328. The van der Waals surface area contributed by atoms with Crippen molar-refractivity contribution in [3.63, 3.8) is 0 Å². The van der Waals surface area contributed by atoms with Gasteiger partial charge in [0.25, 0.3) is 0 Å². The van der Waals surface area contributed by atoms with Crippen molar-refractivity contribution in [1.29, 1.82) is 0 Å². The molecule has 0 aliphatic carbocycles. The predicted molar refractivity (Wildman–Crippen MR) is 66.7 cm³/mol. The molecule has 1 aromatic heterocycles. The first kappa shape index (κ1) is 14.4. The molecule has 3 N–H and O–H groups in total. The maximum atomic E-state index is 11.8. The molecular formula is C10H17ClN2OS. The lowest BCUT2D eigenvalue weighted by molar-refractivity contribution is -0.125. The number of thiophene rings is 1. The summed E-state index contributed by atoms with van der Waals surface area (Å²) in [5.41, 5.74) is 4.87. The Balaban J connectivity index is 0.00000196. The standard InChI is InChI=1S/C10H16N2OS.ClH/c1-10(2,8-4-3-7-14-8)9(13)12-6-5-11;/h3-4,7H,5-6,11H2,1-2H3,(H,12,13);1H. The number of hydrogen-bond acceptors (Lipinski definition) is 3. The van der Waals surface area contributed by atoms with Gasteiger partial charge in [-0.15, -0.1) is 23.7 Å². The Hall–Kier alpha value is -0.580. The summed E-state index contributed by atoms with van der Waals surface area (Å²) >= 11 is 1.60. The molecule has 0 aliphatic rings. The molecule has 0 radical (unpaired) electrons. The number of halogens is 1. The zero-order valence-corrected chi connectivity index (χ0v) is 10.6. The van der Waals surface area contributed by atoms with Crippen molar-refractivity contribution in [1.82, 2.24) is 5.32 Å². The molecule has 1 amide bonds. The van der Waals surface area contributed by atoms with Crippen LogP contribution in [0.4, 0.5) is 0 Å². The maximum Gasteiger partial charge on any atom is 0.230 e. The number of carbonyl (C=O) groups excluding carboxylic acids is 1. The summed E-state index contributed by atoms with van der Waals surface area (Å²) in [6.45, 7) is 4.86. The molecule has 86 valence electrons. The van der Waals surface area contributed by atoms with Gasteiger partial charge in [-0.2, -0.15) is 0 Å². The van der Waals surface area contributed by atoms with Crippen molar-refractivity contribution in [2.24, 2.45) is 5.73 Å². The minimum absolute atomic E-state index is 0. The van der Waals surface area contributed by atoms with Crippen molar-refractivity contribution in [3.8, 4) is 0 Å². The molecule has 5 heteroatoms. The molecule has 0 unspecified atom stereocenters. The zero-order valence-electron chi connectivity index (χ0n) is 8.95. The van der Waals surface area contributed by atoms with Crippen LogP contribution in [0.3, 0.4) is 0 Å². The quantitative estimate of drug-likeness (QED) is 0.849. The van der Waals surface area contributed by atoms with Crippen LogP contribution in [0.1, 0.15) is 18.7 Å². The van der Waals surface area contributed by atoms with Crippen LogP contribution in [0.2, 0.25) is 0 Å². The zero-order chi connectivity index (χ0) is 10.6. The van der Waals surface area contributed by atoms with Gasteiger partial charge in [0.05, 0.1) is 5.41 Å². The average Bonchev–Trinajstić information content (AvgIpc) is 2.67. The molecule has 0 atom stereocenters. The fourth-order valence-corrected chi connectivity index (χ4v) is 2.00. The van der Waals surface area contributed by atoms with Crippen LogP contribution in [0.5, 0.6) is 0 Å².